The van der Waals surface area contributed by atoms with E-state index in [9.17, 15) is 10.4 Å². The number of aryl methyl sites for hydroxylation is 1. The highest BCUT2D eigenvalue weighted by molar-refractivity contribution is 5.48. The van der Waals surface area contributed by atoms with Gasteiger partial charge >= 0.3 is 0 Å². The summed E-state index contributed by atoms with van der Waals surface area (Å²) in [5, 5.41) is 23.6. The van der Waals surface area contributed by atoms with Crippen molar-refractivity contribution in [1.82, 2.24) is 5.32 Å². The molecule has 3 rings (SSSR count). The molecule has 2 aliphatic rings. The van der Waals surface area contributed by atoms with E-state index in [0.29, 0.717) is 13.0 Å². The third-order valence-electron chi connectivity index (χ3n) is 4.36. The van der Waals surface area contributed by atoms with Crippen LogP contribution in [0.2, 0.25) is 0 Å². The standard InChI is InChI=1S/C14H16N2O/c15-9-13(14(17)7-8-16-10-14)6-5-11-3-1-2-4-12(11)13/h1-4,16-17H,5-8,10H2. The SMILES string of the molecule is N#CC1(C2(O)CCNC2)CCc2ccccc21. The summed E-state index contributed by atoms with van der Waals surface area (Å²) in [4.78, 5) is 0. The lowest BCUT2D eigenvalue weighted by Gasteiger charge is -2.37. The van der Waals surface area contributed by atoms with Crippen molar-refractivity contribution < 1.29 is 5.11 Å². The molecule has 0 aromatic heterocycles. The summed E-state index contributed by atoms with van der Waals surface area (Å²) in [5.74, 6) is 0. The Bertz CT molecular complexity index is 485. The zero-order valence-corrected chi connectivity index (χ0v) is 9.74. The number of nitrogens with one attached hydrogen (secondary N) is 1. The van der Waals surface area contributed by atoms with Crippen LogP contribution >= 0.6 is 0 Å². The summed E-state index contributed by atoms with van der Waals surface area (Å²) in [6.07, 6.45) is 2.29. The van der Waals surface area contributed by atoms with Gasteiger partial charge in [-0.3, -0.25) is 0 Å². The van der Waals surface area contributed by atoms with Crippen molar-refractivity contribution in [3.8, 4) is 6.07 Å². The minimum absolute atomic E-state index is 0.523. The number of benzene rings is 1. The van der Waals surface area contributed by atoms with Gasteiger partial charge in [0, 0.05) is 6.54 Å². The van der Waals surface area contributed by atoms with Gasteiger partial charge in [0.15, 0.2) is 0 Å². The van der Waals surface area contributed by atoms with E-state index in [0.717, 1.165) is 24.9 Å². The first-order valence-corrected chi connectivity index (χ1v) is 6.15. The molecule has 3 heteroatoms. The predicted molar refractivity (Wildman–Crippen MR) is 64.5 cm³/mol. The molecule has 0 saturated carbocycles. The Morgan fingerprint density at radius 2 is 2.12 bits per heavy atom. The molecule has 0 amide bonds. The number of nitriles is 1. The molecule has 88 valence electrons. The van der Waals surface area contributed by atoms with Crippen LogP contribution in [0.3, 0.4) is 0 Å². The number of hydrogen-bond donors (Lipinski definition) is 2. The van der Waals surface area contributed by atoms with Crippen LogP contribution in [0.5, 0.6) is 0 Å². The van der Waals surface area contributed by atoms with Gasteiger partial charge in [0.1, 0.15) is 11.0 Å². The second-order valence-corrected chi connectivity index (χ2v) is 5.13. The Balaban J connectivity index is 2.15. The van der Waals surface area contributed by atoms with Crippen molar-refractivity contribution in [1.29, 1.82) is 5.26 Å². The van der Waals surface area contributed by atoms with E-state index in [1.807, 2.05) is 18.2 Å². The Labute approximate surface area is 101 Å². The van der Waals surface area contributed by atoms with E-state index in [-0.39, 0.29) is 0 Å². The summed E-state index contributed by atoms with van der Waals surface area (Å²) < 4.78 is 0. The zero-order valence-electron chi connectivity index (χ0n) is 9.74. The van der Waals surface area contributed by atoms with E-state index in [1.165, 1.54) is 5.56 Å². The van der Waals surface area contributed by atoms with Crippen LogP contribution in [0.15, 0.2) is 24.3 Å². The normalized spacial score (nSPS) is 35.5. The minimum atomic E-state index is -0.908. The van der Waals surface area contributed by atoms with Crippen molar-refractivity contribution in [2.45, 2.75) is 30.3 Å². The van der Waals surface area contributed by atoms with E-state index >= 15 is 0 Å². The lowest BCUT2D eigenvalue weighted by Crippen LogP contribution is -2.51. The zero-order chi connectivity index (χ0) is 11.9. The number of fused-ring (bicyclic) bond motifs is 1. The predicted octanol–water partition coefficient (Wildman–Crippen LogP) is 1.12. The van der Waals surface area contributed by atoms with Crippen molar-refractivity contribution in [3.63, 3.8) is 0 Å². The number of β-amino-alcohol motifs (C(OH)–C–C–N with tert-alkyl or cyclic N) is 1. The summed E-state index contributed by atoms with van der Waals surface area (Å²) in [7, 11) is 0. The first kappa shape index (κ1) is 10.8. The highest BCUT2D eigenvalue weighted by Gasteiger charge is 2.56. The molecule has 2 atom stereocenters. The van der Waals surface area contributed by atoms with E-state index in [2.05, 4.69) is 17.5 Å². The molecule has 2 N–H and O–H groups in total. The number of nitrogens with zero attached hydrogens (tertiary/aromatic N) is 1. The van der Waals surface area contributed by atoms with Crippen LogP contribution in [0.25, 0.3) is 0 Å². The second-order valence-electron chi connectivity index (χ2n) is 5.13. The Morgan fingerprint density at radius 3 is 2.82 bits per heavy atom. The molecule has 1 aromatic carbocycles. The smallest absolute Gasteiger partial charge is 0.113 e. The molecule has 0 radical (unpaired) electrons. The molecule has 1 aliphatic carbocycles. The van der Waals surface area contributed by atoms with Crippen LogP contribution < -0.4 is 5.32 Å². The van der Waals surface area contributed by atoms with Crippen LogP contribution in [0, 0.1) is 11.3 Å². The number of rotatable bonds is 1. The molecule has 3 nitrogen and oxygen atoms in total. The average Bonchev–Trinajstić information content (AvgIpc) is 2.95. The lowest BCUT2D eigenvalue weighted by atomic mass is 9.68. The molecule has 0 bridgehead atoms. The molecule has 1 aromatic rings. The first-order valence-electron chi connectivity index (χ1n) is 6.15. The third-order valence-corrected chi connectivity index (χ3v) is 4.36. The molecular formula is C14H16N2O. The highest BCUT2D eigenvalue weighted by Crippen LogP contribution is 2.48. The van der Waals surface area contributed by atoms with Crippen molar-refractivity contribution in [2.24, 2.45) is 0 Å². The maximum atomic E-state index is 10.8. The maximum Gasteiger partial charge on any atom is 0.113 e. The van der Waals surface area contributed by atoms with Crippen molar-refractivity contribution in [2.75, 3.05) is 13.1 Å². The monoisotopic (exact) mass is 228 g/mol. The fraction of sp³-hybridized carbons (Fsp3) is 0.500. The third kappa shape index (κ3) is 1.28. The Kier molecular flexibility index (Phi) is 2.25. The van der Waals surface area contributed by atoms with Gasteiger partial charge < -0.3 is 10.4 Å². The second kappa shape index (κ2) is 3.56. The molecule has 1 saturated heterocycles. The van der Waals surface area contributed by atoms with Gasteiger partial charge in [0.25, 0.3) is 0 Å². The fourth-order valence-electron chi connectivity index (χ4n) is 3.36. The number of aliphatic hydroxyl groups is 1. The molecule has 0 spiro atoms. The average molecular weight is 228 g/mol. The topological polar surface area (TPSA) is 56.0 Å². The van der Waals surface area contributed by atoms with Crippen LogP contribution in [0.4, 0.5) is 0 Å². The number of hydrogen-bond acceptors (Lipinski definition) is 3. The van der Waals surface area contributed by atoms with Gasteiger partial charge in [-0.25, -0.2) is 0 Å². The van der Waals surface area contributed by atoms with Gasteiger partial charge in [-0.05, 0) is 36.9 Å². The summed E-state index contributed by atoms with van der Waals surface area (Å²) in [6.45, 7) is 1.32. The van der Waals surface area contributed by atoms with E-state index < -0.39 is 11.0 Å². The van der Waals surface area contributed by atoms with Crippen molar-refractivity contribution >= 4 is 0 Å². The van der Waals surface area contributed by atoms with Crippen LogP contribution in [0.1, 0.15) is 24.0 Å². The molecule has 1 aliphatic heterocycles. The maximum absolute atomic E-state index is 10.8. The van der Waals surface area contributed by atoms with E-state index in [4.69, 9.17) is 0 Å². The molecule has 1 fully saturated rings. The summed E-state index contributed by atoms with van der Waals surface area (Å²) in [6, 6.07) is 10.5. The largest absolute Gasteiger partial charge is 0.386 e. The van der Waals surface area contributed by atoms with Crippen LogP contribution in [-0.2, 0) is 11.8 Å². The van der Waals surface area contributed by atoms with Gasteiger partial charge in [0.2, 0.25) is 0 Å². The Morgan fingerprint density at radius 1 is 1.29 bits per heavy atom. The van der Waals surface area contributed by atoms with Gasteiger partial charge in [-0.1, -0.05) is 24.3 Å². The molecule has 1 heterocycles. The summed E-state index contributed by atoms with van der Waals surface area (Å²) >= 11 is 0. The fourth-order valence-corrected chi connectivity index (χ4v) is 3.36. The van der Waals surface area contributed by atoms with Gasteiger partial charge in [-0.2, -0.15) is 5.26 Å². The van der Waals surface area contributed by atoms with Crippen LogP contribution in [-0.4, -0.2) is 23.8 Å². The lowest BCUT2D eigenvalue weighted by molar-refractivity contribution is 0.00225. The van der Waals surface area contributed by atoms with Gasteiger partial charge in [-0.15, -0.1) is 0 Å². The summed E-state index contributed by atoms with van der Waals surface area (Å²) in [5.41, 5.74) is 0.629. The first-order chi connectivity index (χ1) is 8.22. The molecular weight excluding hydrogens is 212 g/mol. The van der Waals surface area contributed by atoms with E-state index in [1.54, 1.807) is 0 Å². The quantitative estimate of drug-likeness (QED) is 0.757. The van der Waals surface area contributed by atoms with Gasteiger partial charge in [0.05, 0.1) is 6.07 Å². The minimum Gasteiger partial charge on any atom is -0.386 e. The molecule has 2 unspecified atom stereocenters. The molecule has 17 heavy (non-hydrogen) atoms. The van der Waals surface area contributed by atoms with Crippen molar-refractivity contribution in [3.05, 3.63) is 35.4 Å². The Hall–Kier alpha value is -1.37. The highest BCUT2D eigenvalue weighted by atomic mass is 16.3.